The largest absolute Gasteiger partial charge is 0.306 e. The maximum atomic E-state index is 12.8. The van der Waals surface area contributed by atoms with Gasteiger partial charge in [0.15, 0.2) is 5.69 Å². The molecule has 0 bridgehead atoms. The topological polar surface area (TPSA) is 68.0 Å². The highest BCUT2D eigenvalue weighted by Gasteiger charge is 2.60. The number of hydrogen-bond acceptors (Lipinski definition) is 4. The van der Waals surface area contributed by atoms with Crippen LogP contribution in [0.15, 0.2) is 33.4 Å². The van der Waals surface area contributed by atoms with Crippen molar-refractivity contribution in [3.63, 3.8) is 0 Å². The second-order valence-corrected chi connectivity index (χ2v) is 8.93. The van der Waals surface area contributed by atoms with Crippen LogP contribution in [-0.4, -0.2) is 16.2 Å². The number of amides is 1. The monoisotopic (exact) mass is 405 g/mol. The van der Waals surface area contributed by atoms with Crippen LogP contribution in [0.3, 0.4) is 0 Å². The maximum absolute atomic E-state index is 12.8. The van der Waals surface area contributed by atoms with E-state index in [4.69, 9.17) is 27.8 Å². The summed E-state index contributed by atoms with van der Waals surface area (Å²) in [5.41, 5.74) is 3.98. The molecular formula is C20H21Cl2N3O2. The van der Waals surface area contributed by atoms with Crippen molar-refractivity contribution in [3.8, 4) is 11.3 Å². The Labute approximate surface area is 168 Å². The Morgan fingerprint density at radius 1 is 1.22 bits per heavy atom. The summed E-state index contributed by atoms with van der Waals surface area (Å²) in [6, 6.07) is 6.28. The number of aromatic nitrogens is 2. The Morgan fingerprint density at radius 3 is 2.70 bits per heavy atom. The van der Waals surface area contributed by atoms with Gasteiger partial charge in [-0.05, 0) is 70.6 Å². The lowest BCUT2D eigenvalue weighted by Gasteiger charge is -2.16. The molecule has 1 aromatic heterocycles. The molecule has 1 heterocycles. The van der Waals surface area contributed by atoms with Crippen LogP contribution in [0.5, 0.6) is 0 Å². The van der Waals surface area contributed by atoms with E-state index in [0.717, 1.165) is 18.4 Å². The van der Waals surface area contributed by atoms with Gasteiger partial charge in [-0.3, -0.25) is 4.79 Å². The lowest BCUT2D eigenvalue weighted by molar-refractivity contribution is -0.118. The number of aryl methyl sites for hydroxylation is 2. The van der Waals surface area contributed by atoms with Gasteiger partial charge in [-0.25, -0.2) is 4.63 Å². The number of allylic oxidation sites excluding steroid dienone is 1. The summed E-state index contributed by atoms with van der Waals surface area (Å²) in [5, 5.41) is 10.8. The van der Waals surface area contributed by atoms with Gasteiger partial charge in [0.25, 0.3) is 0 Å². The van der Waals surface area contributed by atoms with E-state index in [1.165, 1.54) is 24.0 Å². The molecule has 0 radical (unpaired) electrons. The van der Waals surface area contributed by atoms with Crippen LogP contribution in [0.4, 0.5) is 5.82 Å². The van der Waals surface area contributed by atoms with E-state index in [1.807, 2.05) is 19.9 Å². The smallest absolute Gasteiger partial charge is 0.229 e. The molecule has 1 amide bonds. The number of rotatable bonds is 4. The fraction of sp³-hybridized carbons (Fsp3) is 0.450. The summed E-state index contributed by atoms with van der Waals surface area (Å²) >= 11 is 11.5. The Morgan fingerprint density at radius 2 is 1.96 bits per heavy atom. The zero-order valence-electron chi connectivity index (χ0n) is 15.3. The Hall–Kier alpha value is -1.85. The second kappa shape index (κ2) is 6.95. The van der Waals surface area contributed by atoms with E-state index >= 15 is 0 Å². The molecule has 1 aromatic carbocycles. The molecule has 2 unspecified atom stereocenters. The molecular weight excluding hydrogens is 385 g/mol. The third kappa shape index (κ3) is 3.50. The summed E-state index contributed by atoms with van der Waals surface area (Å²) in [6.45, 7) is 4.03. The highest BCUT2D eigenvalue weighted by molar-refractivity contribution is 6.55. The van der Waals surface area contributed by atoms with Crippen molar-refractivity contribution in [3.05, 3.63) is 39.9 Å². The van der Waals surface area contributed by atoms with E-state index in [-0.39, 0.29) is 27.6 Å². The fourth-order valence-electron chi connectivity index (χ4n) is 4.16. The summed E-state index contributed by atoms with van der Waals surface area (Å²) in [5.74, 6) is -0.0171. The third-order valence-electron chi connectivity index (χ3n) is 5.85. The van der Waals surface area contributed by atoms with Gasteiger partial charge >= 0.3 is 0 Å². The number of halogens is 2. The van der Waals surface area contributed by atoms with Gasteiger partial charge in [0, 0.05) is 5.56 Å². The second-order valence-electron chi connectivity index (χ2n) is 7.92. The molecule has 0 spiro atoms. The molecule has 1 fully saturated rings. The van der Waals surface area contributed by atoms with Gasteiger partial charge in [-0.1, -0.05) is 49.2 Å². The third-order valence-corrected chi connectivity index (χ3v) is 6.10. The molecule has 142 valence electrons. The van der Waals surface area contributed by atoms with Crippen LogP contribution in [0.2, 0.25) is 0 Å². The van der Waals surface area contributed by atoms with Gasteiger partial charge in [-0.15, -0.1) is 0 Å². The SMILES string of the molecule is CC1(C)C(C=C(Cl)Cl)C1C(=O)Nc1nonc1-c1ccc2c(c1)CCCC2. The van der Waals surface area contributed by atoms with Crippen LogP contribution in [0.25, 0.3) is 11.3 Å². The van der Waals surface area contributed by atoms with Gasteiger partial charge in [0.05, 0.1) is 5.92 Å². The summed E-state index contributed by atoms with van der Waals surface area (Å²) < 4.78 is 5.10. The summed E-state index contributed by atoms with van der Waals surface area (Å²) in [7, 11) is 0. The first-order chi connectivity index (χ1) is 12.9. The predicted octanol–water partition coefficient (Wildman–Crippen LogP) is 5.15. The van der Waals surface area contributed by atoms with Crippen LogP contribution in [-0.2, 0) is 17.6 Å². The quantitative estimate of drug-likeness (QED) is 0.763. The van der Waals surface area contributed by atoms with E-state index in [2.05, 4.69) is 27.8 Å². The van der Waals surface area contributed by atoms with E-state index in [1.54, 1.807) is 6.08 Å². The summed E-state index contributed by atoms with van der Waals surface area (Å²) in [6.07, 6.45) is 6.34. The lowest BCUT2D eigenvalue weighted by Crippen LogP contribution is -2.17. The minimum absolute atomic E-state index is 0.00504. The average molecular weight is 406 g/mol. The number of hydrogen-bond donors (Lipinski definition) is 1. The first-order valence-electron chi connectivity index (χ1n) is 9.16. The van der Waals surface area contributed by atoms with E-state index in [0.29, 0.717) is 11.5 Å². The zero-order valence-corrected chi connectivity index (χ0v) is 16.8. The standard InChI is InChI=1S/C20H21Cl2N3O2/c1-20(2)14(10-15(21)22)16(20)19(26)23-18-17(24-27-25-18)13-8-7-11-5-3-4-6-12(11)9-13/h7-10,14,16H,3-6H2,1-2H3,(H,23,25,26). The van der Waals surface area contributed by atoms with Crippen molar-refractivity contribution in [2.45, 2.75) is 39.5 Å². The van der Waals surface area contributed by atoms with Crippen molar-refractivity contribution < 1.29 is 9.42 Å². The molecule has 1 saturated carbocycles. The summed E-state index contributed by atoms with van der Waals surface area (Å²) in [4.78, 5) is 12.8. The molecule has 2 aliphatic carbocycles. The molecule has 27 heavy (non-hydrogen) atoms. The van der Waals surface area contributed by atoms with Crippen LogP contribution >= 0.6 is 23.2 Å². The number of nitrogens with zero attached hydrogens (tertiary/aromatic N) is 2. The number of carbonyl (C=O) groups is 1. The first kappa shape index (κ1) is 18.5. The van der Waals surface area contributed by atoms with Crippen molar-refractivity contribution in [2.75, 3.05) is 5.32 Å². The Kier molecular flexibility index (Phi) is 4.77. The number of fused-ring (bicyclic) bond motifs is 1. The lowest BCUT2D eigenvalue weighted by atomic mass is 9.90. The predicted molar refractivity (Wildman–Crippen MR) is 106 cm³/mol. The highest BCUT2D eigenvalue weighted by Crippen LogP contribution is 2.60. The van der Waals surface area contributed by atoms with Gasteiger partial charge in [-0.2, -0.15) is 0 Å². The van der Waals surface area contributed by atoms with Crippen LogP contribution in [0, 0.1) is 17.3 Å². The molecule has 2 aromatic rings. The molecule has 0 aliphatic heterocycles. The molecule has 1 N–H and O–H groups in total. The molecule has 4 rings (SSSR count). The molecule has 2 atom stereocenters. The van der Waals surface area contributed by atoms with Gasteiger partial charge in [0.1, 0.15) is 4.49 Å². The van der Waals surface area contributed by atoms with Crippen LogP contribution < -0.4 is 5.32 Å². The van der Waals surface area contributed by atoms with E-state index < -0.39 is 0 Å². The minimum atomic E-state index is -0.224. The normalized spacial score (nSPS) is 22.7. The van der Waals surface area contributed by atoms with Crippen molar-refractivity contribution in [1.82, 2.24) is 10.3 Å². The number of benzene rings is 1. The average Bonchev–Trinajstić information content (AvgIpc) is 2.94. The number of anilines is 1. The van der Waals surface area contributed by atoms with Gasteiger partial charge < -0.3 is 5.32 Å². The molecule has 5 nitrogen and oxygen atoms in total. The molecule has 2 aliphatic rings. The highest BCUT2D eigenvalue weighted by atomic mass is 35.5. The number of carbonyl (C=O) groups excluding carboxylic acids is 1. The van der Waals surface area contributed by atoms with Crippen LogP contribution in [0.1, 0.15) is 37.8 Å². The maximum Gasteiger partial charge on any atom is 0.229 e. The zero-order chi connectivity index (χ0) is 19.2. The van der Waals surface area contributed by atoms with Gasteiger partial charge in [0.2, 0.25) is 11.7 Å². The van der Waals surface area contributed by atoms with Crippen molar-refractivity contribution >= 4 is 34.9 Å². The molecule has 0 saturated heterocycles. The van der Waals surface area contributed by atoms with Crippen molar-refractivity contribution in [1.29, 1.82) is 0 Å². The van der Waals surface area contributed by atoms with Crippen molar-refractivity contribution in [2.24, 2.45) is 17.3 Å². The van der Waals surface area contributed by atoms with E-state index in [9.17, 15) is 4.79 Å². The molecule has 7 heteroatoms. The minimum Gasteiger partial charge on any atom is -0.306 e. The Balaban J connectivity index is 1.55. The number of nitrogens with one attached hydrogen (secondary N) is 1. The first-order valence-corrected chi connectivity index (χ1v) is 9.92. The fourth-order valence-corrected chi connectivity index (χ4v) is 4.43. The Bertz CT molecular complexity index is 916.